The summed E-state index contributed by atoms with van der Waals surface area (Å²) in [5, 5.41) is 0. The molecule has 21 heavy (non-hydrogen) atoms. The topological polar surface area (TPSA) is 23.6 Å². The highest BCUT2D eigenvalue weighted by molar-refractivity contribution is 6.83. The summed E-state index contributed by atoms with van der Waals surface area (Å²) in [6.45, 7) is 10.2. The zero-order chi connectivity index (χ0) is 15.5. The largest absolute Gasteiger partial charge is 0.336 e. The number of hydrogen-bond donors (Lipinski definition) is 0. The molecule has 1 amide bonds. The second-order valence-electron chi connectivity index (χ2n) is 6.67. The fourth-order valence-corrected chi connectivity index (χ4v) is 2.67. The highest BCUT2D eigenvalue weighted by Crippen LogP contribution is 2.10. The van der Waals surface area contributed by atoms with E-state index in [2.05, 4.69) is 43.1 Å². The van der Waals surface area contributed by atoms with Gasteiger partial charge in [0.25, 0.3) is 5.91 Å². The molecule has 1 saturated heterocycles. The molecule has 0 saturated carbocycles. The van der Waals surface area contributed by atoms with Crippen LogP contribution < -0.4 is 0 Å². The van der Waals surface area contributed by atoms with Gasteiger partial charge in [0.15, 0.2) is 0 Å². The highest BCUT2D eigenvalue weighted by Gasteiger charge is 2.20. The third-order valence-corrected chi connectivity index (χ3v) is 4.38. The maximum Gasteiger partial charge on any atom is 0.253 e. The van der Waals surface area contributed by atoms with Gasteiger partial charge in [-0.25, -0.2) is 0 Å². The van der Waals surface area contributed by atoms with E-state index in [1.807, 2.05) is 29.2 Å². The molecule has 112 valence electrons. The Morgan fingerprint density at radius 2 is 1.62 bits per heavy atom. The Morgan fingerprint density at radius 3 is 2.14 bits per heavy atom. The van der Waals surface area contributed by atoms with E-state index >= 15 is 0 Å². The highest BCUT2D eigenvalue weighted by atomic mass is 28.3. The summed E-state index contributed by atoms with van der Waals surface area (Å²) in [6, 6.07) is 7.71. The predicted octanol–water partition coefficient (Wildman–Crippen LogP) is 2.30. The van der Waals surface area contributed by atoms with E-state index in [1.54, 1.807) is 0 Å². The van der Waals surface area contributed by atoms with Crippen LogP contribution in [0.25, 0.3) is 0 Å². The van der Waals surface area contributed by atoms with E-state index in [1.165, 1.54) is 0 Å². The molecule has 0 spiro atoms. The molecule has 0 aliphatic carbocycles. The number of carbonyl (C=O) groups excluding carboxylic acids is 1. The Labute approximate surface area is 129 Å². The molecule has 4 heteroatoms. The van der Waals surface area contributed by atoms with E-state index < -0.39 is 8.07 Å². The number of carbonyl (C=O) groups is 1. The lowest BCUT2D eigenvalue weighted by atomic mass is 10.1. The molecule has 1 aliphatic heterocycles. The van der Waals surface area contributed by atoms with E-state index in [0.29, 0.717) is 0 Å². The smallest absolute Gasteiger partial charge is 0.253 e. The lowest BCUT2D eigenvalue weighted by molar-refractivity contribution is 0.0664. The number of likely N-dealkylation sites (N-methyl/N-ethyl adjacent to an activating group) is 1. The van der Waals surface area contributed by atoms with Crippen LogP contribution in [-0.2, 0) is 0 Å². The van der Waals surface area contributed by atoms with E-state index in [9.17, 15) is 4.79 Å². The first-order valence-corrected chi connectivity index (χ1v) is 11.0. The summed E-state index contributed by atoms with van der Waals surface area (Å²) in [5.74, 6) is 3.35. The van der Waals surface area contributed by atoms with Gasteiger partial charge in [0.05, 0.1) is 0 Å². The van der Waals surface area contributed by atoms with Crippen molar-refractivity contribution in [1.29, 1.82) is 0 Å². The molecule has 0 aromatic heterocycles. The molecule has 1 fully saturated rings. The van der Waals surface area contributed by atoms with Gasteiger partial charge in [-0.3, -0.25) is 4.79 Å². The van der Waals surface area contributed by atoms with Crippen molar-refractivity contribution in [1.82, 2.24) is 9.80 Å². The normalized spacial score (nSPS) is 16.3. The number of nitrogens with zero attached hydrogens (tertiary/aromatic N) is 2. The van der Waals surface area contributed by atoms with Crippen molar-refractivity contribution < 1.29 is 4.79 Å². The van der Waals surface area contributed by atoms with Crippen LogP contribution in [0.3, 0.4) is 0 Å². The molecule has 1 aromatic rings. The molecular formula is C17H24N2OSi. The van der Waals surface area contributed by atoms with Crippen molar-refractivity contribution in [2.75, 3.05) is 33.2 Å². The number of rotatable bonds is 1. The molecule has 0 radical (unpaired) electrons. The third-order valence-electron chi connectivity index (χ3n) is 3.50. The van der Waals surface area contributed by atoms with E-state index in [4.69, 9.17) is 0 Å². The average Bonchev–Trinajstić information content (AvgIpc) is 2.45. The van der Waals surface area contributed by atoms with Crippen LogP contribution in [0, 0.1) is 11.5 Å². The summed E-state index contributed by atoms with van der Waals surface area (Å²) in [7, 11) is 0.741. The zero-order valence-electron chi connectivity index (χ0n) is 13.4. The Kier molecular flexibility index (Phi) is 4.87. The van der Waals surface area contributed by atoms with Crippen LogP contribution in [0.5, 0.6) is 0 Å². The Bertz CT molecular complexity index is 555. The van der Waals surface area contributed by atoms with Crippen molar-refractivity contribution in [3.8, 4) is 11.5 Å². The van der Waals surface area contributed by atoms with Crippen LogP contribution in [0.1, 0.15) is 15.9 Å². The molecule has 3 nitrogen and oxygen atoms in total. The average molecular weight is 300 g/mol. The van der Waals surface area contributed by atoms with Crippen molar-refractivity contribution in [2.24, 2.45) is 0 Å². The van der Waals surface area contributed by atoms with Gasteiger partial charge in [0, 0.05) is 37.3 Å². The summed E-state index contributed by atoms with van der Waals surface area (Å²) in [4.78, 5) is 16.6. The second kappa shape index (κ2) is 6.46. The Morgan fingerprint density at radius 1 is 1.05 bits per heavy atom. The third kappa shape index (κ3) is 4.73. The van der Waals surface area contributed by atoms with E-state index in [-0.39, 0.29) is 5.91 Å². The van der Waals surface area contributed by atoms with Crippen molar-refractivity contribution in [3.05, 3.63) is 35.4 Å². The van der Waals surface area contributed by atoms with Crippen LogP contribution in [0.2, 0.25) is 19.6 Å². The Hall–Kier alpha value is -1.57. The Balaban J connectivity index is 2.04. The fraction of sp³-hybridized carbons (Fsp3) is 0.471. The zero-order valence-corrected chi connectivity index (χ0v) is 14.4. The minimum atomic E-state index is -1.35. The van der Waals surface area contributed by atoms with Crippen molar-refractivity contribution in [3.63, 3.8) is 0 Å². The first-order chi connectivity index (χ1) is 9.85. The summed E-state index contributed by atoms with van der Waals surface area (Å²) in [5.41, 5.74) is 5.10. The van der Waals surface area contributed by atoms with Gasteiger partial charge in [-0.15, -0.1) is 5.54 Å². The lowest BCUT2D eigenvalue weighted by Gasteiger charge is -2.32. The molecule has 2 rings (SSSR count). The number of amides is 1. The van der Waals surface area contributed by atoms with Gasteiger partial charge in [0.2, 0.25) is 0 Å². The standard InChI is InChI=1S/C17H24N2OSi/c1-18-10-12-19(13-11-18)17(20)16-7-5-15(6-8-16)9-14-21(2,3)4/h5-8H,10-13H2,1-4H3. The minimum absolute atomic E-state index is 0.132. The summed E-state index contributed by atoms with van der Waals surface area (Å²) >= 11 is 0. The lowest BCUT2D eigenvalue weighted by Crippen LogP contribution is -2.47. The van der Waals surface area contributed by atoms with Crippen LogP contribution >= 0.6 is 0 Å². The number of hydrogen-bond acceptors (Lipinski definition) is 2. The first kappa shape index (κ1) is 15.8. The molecule has 0 unspecified atom stereocenters. The number of piperazine rings is 1. The van der Waals surface area contributed by atoms with E-state index in [0.717, 1.165) is 37.3 Å². The SMILES string of the molecule is CN1CCN(C(=O)c2ccc(C#C[Si](C)(C)C)cc2)CC1. The molecular weight excluding hydrogens is 276 g/mol. The van der Waals surface area contributed by atoms with Gasteiger partial charge < -0.3 is 9.80 Å². The quantitative estimate of drug-likeness (QED) is 0.587. The van der Waals surface area contributed by atoms with Gasteiger partial charge in [0.1, 0.15) is 8.07 Å². The van der Waals surface area contributed by atoms with Crippen molar-refractivity contribution >= 4 is 14.0 Å². The summed E-state index contributed by atoms with van der Waals surface area (Å²) in [6.07, 6.45) is 0. The molecule has 0 atom stereocenters. The van der Waals surface area contributed by atoms with Crippen LogP contribution in [0.15, 0.2) is 24.3 Å². The molecule has 0 N–H and O–H groups in total. The second-order valence-corrected chi connectivity index (χ2v) is 11.4. The summed E-state index contributed by atoms with van der Waals surface area (Å²) < 4.78 is 0. The van der Waals surface area contributed by atoms with Gasteiger partial charge in [-0.2, -0.15) is 0 Å². The van der Waals surface area contributed by atoms with Gasteiger partial charge >= 0.3 is 0 Å². The first-order valence-electron chi connectivity index (χ1n) is 7.46. The molecule has 0 bridgehead atoms. The molecule has 1 aliphatic rings. The number of benzene rings is 1. The maximum atomic E-state index is 12.4. The van der Waals surface area contributed by atoms with Crippen LogP contribution in [0.4, 0.5) is 0 Å². The monoisotopic (exact) mass is 300 g/mol. The van der Waals surface area contributed by atoms with Crippen molar-refractivity contribution in [2.45, 2.75) is 19.6 Å². The molecule has 1 aromatic carbocycles. The minimum Gasteiger partial charge on any atom is -0.336 e. The van der Waals surface area contributed by atoms with Gasteiger partial charge in [-0.05, 0) is 31.3 Å². The van der Waals surface area contributed by atoms with Crippen LogP contribution in [-0.4, -0.2) is 57.0 Å². The van der Waals surface area contributed by atoms with Gasteiger partial charge in [-0.1, -0.05) is 25.6 Å². The maximum absolute atomic E-state index is 12.4. The molecule has 1 heterocycles. The predicted molar refractivity (Wildman–Crippen MR) is 90.1 cm³/mol. The fourth-order valence-electron chi connectivity index (χ4n) is 2.15.